The third kappa shape index (κ3) is 2.67. The Hall–Kier alpha value is -0.780. The average Bonchev–Trinajstić information content (AvgIpc) is 2.77. The first-order valence-corrected chi connectivity index (χ1v) is 8.54. The lowest BCUT2D eigenvalue weighted by molar-refractivity contribution is 0.0305. The van der Waals surface area contributed by atoms with Crippen LogP contribution in [0.2, 0.25) is 0 Å². The Labute approximate surface area is 129 Å². The van der Waals surface area contributed by atoms with Crippen molar-refractivity contribution in [2.24, 2.45) is 5.73 Å². The molecule has 1 aromatic carbocycles. The van der Waals surface area contributed by atoms with Gasteiger partial charge in [-0.15, -0.1) is 11.8 Å². The number of hydrogen-bond acceptors (Lipinski definition) is 4. The summed E-state index contributed by atoms with van der Waals surface area (Å²) in [6.45, 7) is 4.05. The molecule has 2 heterocycles. The highest BCUT2D eigenvalue weighted by Gasteiger charge is 2.34. The molecule has 1 aromatic rings. The molecule has 108 valence electrons. The van der Waals surface area contributed by atoms with Crippen molar-refractivity contribution in [2.45, 2.75) is 36.9 Å². The zero-order valence-corrected chi connectivity index (χ0v) is 13.3. The molecule has 0 radical (unpaired) electrons. The smallest absolute Gasteiger partial charge is 0.107 e. The summed E-state index contributed by atoms with van der Waals surface area (Å²) in [5, 5.41) is 0. The van der Waals surface area contributed by atoms with Gasteiger partial charge < -0.3 is 15.4 Å². The van der Waals surface area contributed by atoms with Gasteiger partial charge in [0.25, 0.3) is 0 Å². The van der Waals surface area contributed by atoms with Crippen molar-refractivity contribution in [3.05, 3.63) is 23.8 Å². The van der Waals surface area contributed by atoms with Gasteiger partial charge in [-0.05, 0) is 30.7 Å². The molecule has 2 saturated heterocycles. The minimum Gasteiger partial charge on any atom is -0.389 e. The topological polar surface area (TPSA) is 38.5 Å². The van der Waals surface area contributed by atoms with Gasteiger partial charge in [0, 0.05) is 29.2 Å². The van der Waals surface area contributed by atoms with E-state index in [4.69, 9.17) is 22.7 Å². The number of morpholine rings is 1. The van der Waals surface area contributed by atoms with Crippen LogP contribution in [0.15, 0.2) is 23.1 Å². The molecule has 5 heteroatoms. The summed E-state index contributed by atoms with van der Waals surface area (Å²) in [5.74, 6) is 1.02. The molecule has 0 aliphatic carbocycles. The van der Waals surface area contributed by atoms with E-state index in [0.29, 0.717) is 17.2 Å². The molecule has 3 nitrogen and oxygen atoms in total. The SMILES string of the molecule is CCSc1cccc(N2CC3CCC(C2)O3)c1C(N)=S. The van der Waals surface area contributed by atoms with Gasteiger partial charge in [-0.25, -0.2) is 0 Å². The molecule has 0 amide bonds. The van der Waals surface area contributed by atoms with E-state index >= 15 is 0 Å². The van der Waals surface area contributed by atoms with Gasteiger partial charge in [0.1, 0.15) is 4.99 Å². The molecule has 2 aliphatic heterocycles. The normalized spacial score (nSPS) is 24.9. The zero-order chi connectivity index (χ0) is 14.1. The summed E-state index contributed by atoms with van der Waals surface area (Å²) >= 11 is 7.10. The molecule has 0 aromatic heterocycles. The number of rotatable bonds is 4. The van der Waals surface area contributed by atoms with Crippen LogP contribution in [0.4, 0.5) is 5.69 Å². The van der Waals surface area contributed by atoms with Crippen LogP contribution in [0.25, 0.3) is 0 Å². The van der Waals surface area contributed by atoms with Crippen molar-refractivity contribution in [1.29, 1.82) is 0 Å². The average molecular weight is 308 g/mol. The molecule has 2 fully saturated rings. The summed E-state index contributed by atoms with van der Waals surface area (Å²) in [4.78, 5) is 4.09. The highest BCUT2D eigenvalue weighted by molar-refractivity contribution is 7.99. The Morgan fingerprint density at radius 1 is 1.40 bits per heavy atom. The lowest BCUT2D eigenvalue weighted by Crippen LogP contribution is -2.43. The van der Waals surface area contributed by atoms with Crippen molar-refractivity contribution >= 4 is 34.7 Å². The maximum Gasteiger partial charge on any atom is 0.107 e. The van der Waals surface area contributed by atoms with Gasteiger partial charge in [-0.1, -0.05) is 25.2 Å². The predicted molar refractivity (Wildman–Crippen MR) is 88.8 cm³/mol. The molecule has 2 bridgehead atoms. The molecule has 2 atom stereocenters. The van der Waals surface area contributed by atoms with Crippen molar-refractivity contribution in [3.63, 3.8) is 0 Å². The Morgan fingerprint density at radius 3 is 2.70 bits per heavy atom. The molecule has 0 saturated carbocycles. The van der Waals surface area contributed by atoms with Crippen LogP contribution in [0.1, 0.15) is 25.3 Å². The zero-order valence-electron chi connectivity index (χ0n) is 11.7. The van der Waals surface area contributed by atoms with Crippen LogP contribution < -0.4 is 10.6 Å². The van der Waals surface area contributed by atoms with Crippen LogP contribution in [0, 0.1) is 0 Å². The van der Waals surface area contributed by atoms with Crippen LogP contribution in [-0.2, 0) is 4.74 Å². The lowest BCUT2D eigenvalue weighted by atomic mass is 10.1. The third-order valence-corrected chi connectivity index (χ3v) is 5.08. The van der Waals surface area contributed by atoms with Crippen LogP contribution in [0.5, 0.6) is 0 Å². The number of thiocarbonyl (C=S) groups is 1. The van der Waals surface area contributed by atoms with Crippen LogP contribution in [0.3, 0.4) is 0 Å². The Balaban J connectivity index is 1.96. The molecular weight excluding hydrogens is 288 g/mol. The van der Waals surface area contributed by atoms with Crippen molar-refractivity contribution in [3.8, 4) is 0 Å². The standard InChI is InChI=1S/C15H20N2OS2/c1-2-20-13-5-3-4-12(14(13)15(16)19)17-8-10-6-7-11(9-17)18-10/h3-5,10-11H,2,6-9H2,1H3,(H2,16,19). The summed E-state index contributed by atoms with van der Waals surface area (Å²) in [7, 11) is 0. The monoisotopic (exact) mass is 308 g/mol. The van der Waals surface area contributed by atoms with Gasteiger partial charge in [-0.2, -0.15) is 0 Å². The fourth-order valence-corrected chi connectivity index (χ4v) is 4.24. The number of nitrogens with zero attached hydrogens (tertiary/aromatic N) is 1. The van der Waals surface area contributed by atoms with E-state index in [-0.39, 0.29) is 0 Å². The molecule has 3 rings (SSSR count). The Kier molecular flexibility index (Phi) is 4.19. The van der Waals surface area contributed by atoms with Crippen molar-refractivity contribution in [2.75, 3.05) is 23.7 Å². The molecule has 2 N–H and O–H groups in total. The predicted octanol–water partition coefficient (Wildman–Crippen LogP) is 2.80. The number of thioether (sulfide) groups is 1. The van der Waals surface area contributed by atoms with E-state index in [0.717, 1.165) is 24.4 Å². The maximum absolute atomic E-state index is 6.00. The highest BCUT2D eigenvalue weighted by Crippen LogP contribution is 2.35. The van der Waals surface area contributed by atoms with Crippen molar-refractivity contribution < 1.29 is 4.74 Å². The summed E-state index contributed by atoms with van der Waals surface area (Å²) in [6.07, 6.45) is 3.09. The minimum atomic E-state index is 0.371. The van der Waals surface area contributed by atoms with Gasteiger partial charge >= 0.3 is 0 Å². The summed E-state index contributed by atoms with van der Waals surface area (Å²) in [5.41, 5.74) is 8.21. The quantitative estimate of drug-likeness (QED) is 0.684. The highest BCUT2D eigenvalue weighted by atomic mass is 32.2. The van der Waals surface area contributed by atoms with Crippen molar-refractivity contribution in [1.82, 2.24) is 0 Å². The van der Waals surface area contributed by atoms with E-state index in [1.807, 2.05) is 0 Å². The number of nitrogens with two attached hydrogens (primary N) is 1. The second-order valence-corrected chi connectivity index (χ2v) is 7.06. The molecule has 0 spiro atoms. The maximum atomic E-state index is 6.00. The Morgan fingerprint density at radius 2 is 2.10 bits per heavy atom. The second kappa shape index (κ2) is 5.92. The van der Waals surface area contributed by atoms with Gasteiger partial charge in [0.05, 0.1) is 12.2 Å². The van der Waals surface area contributed by atoms with E-state index < -0.39 is 0 Å². The van der Waals surface area contributed by atoms with Gasteiger partial charge in [0.2, 0.25) is 0 Å². The summed E-state index contributed by atoms with van der Waals surface area (Å²) in [6, 6.07) is 6.35. The first-order valence-electron chi connectivity index (χ1n) is 7.15. The first-order chi connectivity index (χ1) is 9.69. The van der Waals surface area contributed by atoms with Gasteiger partial charge in [0.15, 0.2) is 0 Å². The molecule has 2 aliphatic rings. The number of anilines is 1. The summed E-state index contributed by atoms with van der Waals surface area (Å²) < 4.78 is 5.92. The van der Waals surface area contributed by atoms with Crippen LogP contribution in [-0.4, -0.2) is 36.0 Å². The first kappa shape index (κ1) is 14.2. The number of ether oxygens (including phenoxy) is 1. The molecule has 2 unspecified atom stereocenters. The van der Waals surface area contributed by atoms with Gasteiger partial charge in [-0.3, -0.25) is 0 Å². The third-order valence-electron chi connectivity index (χ3n) is 3.93. The molecule has 20 heavy (non-hydrogen) atoms. The number of hydrogen-bond donors (Lipinski definition) is 1. The van der Waals surface area contributed by atoms with E-state index in [1.165, 1.54) is 23.4 Å². The Bertz CT molecular complexity index is 509. The number of benzene rings is 1. The largest absolute Gasteiger partial charge is 0.389 e. The number of fused-ring (bicyclic) bond motifs is 2. The fourth-order valence-electron chi connectivity index (χ4n) is 3.12. The second-order valence-electron chi connectivity index (χ2n) is 5.31. The lowest BCUT2D eigenvalue weighted by Gasteiger charge is -2.35. The fraction of sp³-hybridized carbons (Fsp3) is 0.533. The molecular formula is C15H20N2OS2. The van der Waals surface area contributed by atoms with E-state index in [2.05, 4.69) is 30.0 Å². The van der Waals surface area contributed by atoms with E-state index in [1.54, 1.807) is 11.8 Å². The minimum absolute atomic E-state index is 0.371. The van der Waals surface area contributed by atoms with Crippen LogP contribution >= 0.6 is 24.0 Å². The van der Waals surface area contributed by atoms with E-state index in [9.17, 15) is 0 Å².